The highest BCUT2D eigenvalue weighted by molar-refractivity contribution is 6.32. The van der Waals surface area contributed by atoms with Crippen molar-refractivity contribution in [3.8, 4) is 0 Å². The Morgan fingerprint density at radius 1 is 1.25 bits per heavy atom. The number of benzene rings is 1. The van der Waals surface area contributed by atoms with E-state index in [1.54, 1.807) is 30.3 Å². The van der Waals surface area contributed by atoms with Gasteiger partial charge in [0.1, 0.15) is 0 Å². The summed E-state index contributed by atoms with van der Waals surface area (Å²) in [6, 6.07) is 6.61. The Morgan fingerprint density at radius 3 is 2.40 bits per heavy atom. The number of ether oxygens (including phenoxy) is 2. The van der Waals surface area contributed by atoms with E-state index in [0.29, 0.717) is 11.1 Å². The van der Waals surface area contributed by atoms with E-state index >= 15 is 0 Å². The summed E-state index contributed by atoms with van der Waals surface area (Å²) in [4.78, 5) is 36.0. The van der Waals surface area contributed by atoms with Crippen molar-refractivity contribution in [2.45, 2.75) is 25.2 Å². The van der Waals surface area contributed by atoms with Crippen molar-refractivity contribution in [1.29, 1.82) is 0 Å². The lowest BCUT2D eigenvalue weighted by atomic mass is 9.91. The van der Waals surface area contributed by atoms with Crippen LogP contribution in [-0.2, 0) is 14.3 Å². The Morgan fingerprint density at radius 2 is 1.85 bits per heavy atom. The summed E-state index contributed by atoms with van der Waals surface area (Å²) in [7, 11) is 0. The molecule has 3 rings (SSSR count). The molecule has 0 amide bonds. The molecule has 5 nitrogen and oxygen atoms in total. The van der Waals surface area contributed by atoms with Gasteiger partial charge in [0.05, 0.1) is 0 Å². The summed E-state index contributed by atoms with van der Waals surface area (Å²) >= 11 is 0. The lowest BCUT2D eigenvalue weighted by molar-refractivity contribution is -0.181. The molecule has 0 saturated heterocycles. The molecule has 1 aliphatic heterocycles. The Labute approximate surface area is 115 Å². The zero-order valence-corrected chi connectivity index (χ0v) is 10.8. The minimum Gasteiger partial charge on any atom is -0.432 e. The molecule has 102 valence electrons. The fourth-order valence-corrected chi connectivity index (χ4v) is 2.57. The van der Waals surface area contributed by atoms with Crippen LogP contribution in [0, 0.1) is 0 Å². The van der Waals surface area contributed by atoms with Crippen molar-refractivity contribution < 1.29 is 23.9 Å². The van der Waals surface area contributed by atoms with Gasteiger partial charge in [-0.05, 0) is 6.08 Å². The second kappa shape index (κ2) is 4.38. The van der Waals surface area contributed by atoms with E-state index in [1.807, 2.05) is 0 Å². The largest absolute Gasteiger partial charge is 0.432 e. The molecule has 1 heterocycles. The van der Waals surface area contributed by atoms with Crippen LogP contribution in [0.4, 0.5) is 0 Å². The van der Waals surface area contributed by atoms with Crippen molar-refractivity contribution in [3.63, 3.8) is 0 Å². The molecule has 0 aromatic heterocycles. The van der Waals surface area contributed by atoms with E-state index < -0.39 is 17.9 Å². The van der Waals surface area contributed by atoms with Gasteiger partial charge in [0.2, 0.25) is 23.5 Å². The lowest BCUT2D eigenvalue weighted by Crippen LogP contribution is -2.48. The second-order valence-corrected chi connectivity index (χ2v) is 4.76. The molecule has 1 aromatic rings. The summed E-state index contributed by atoms with van der Waals surface area (Å²) in [6.07, 6.45) is 2.30. The monoisotopic (exact) mass is 272 g/mol. The molecule has 20 heavy (non-hydrogen) atoms. The van der Waals surface area contributed by atoms with Crippen molar-refractivity contribution in [3.05, 3.63) is 47.5 Å². The highest BCUT2D eigenvalue weighted by atomic mass is 16.7. The third-order valence-electron chi connectivity index (χ3n) is 3.45. The van der Waals surface area contributed by atoms with Gasteiger partial charge in [-0.2, -0.15) is 0 Å². The van der Waals surface area contributed by atoms with Crippen LogP contribution in [0.3, 0.4) is 0 Å². The molecule has 0 fully saturated rings. The maximum absolute atomic E-state index is 12.5. The van der Waals surface area contributed by atoms with E-state index in [0.717, 1.165) is 0 Å². The number of hydrogen-bond acceptors (Lipinski definition) is 5. The van der Waals surface area contributed by atoms with Crippen LogP contribution >= 0.6 is 0 Å². The Balaban J connectivity index is 1.99. The topological polar surface area (TPSA) is 69.7 Å². The number of esters is 1. The highest BCUT2D eigenvalue weighted by Gasteiger charge is 2.55. The molecule has 1 spiro atoms. The third-order valence-corrected chi connectivity index (χ3v) is 3.45. The number of fused-ring (bicyclic) bond motifs is 1. The van der Waals surface area contributed by atoms with Crippen LogP contribution in [0.25, 0.3) is 0 Å². The summed E-state index contributed by atoms with van der Waals surface area (Å²) < 4.78 is 10.4. The first-order valence-corrected chi connectivity index (χ1v) is 6.25. The average Bonchev–Trinajstić information content (AvgIpc) is 2.62. The number of Topliss-reactive ketones (excluding diaryl/α,β-unsaturated/α-hetero) is 2. The van der Waals surface area contributed by atoms with E-state index in [9.17, 15) is 14.4 Å². The van der Waals surface area contributed by atoms with Crippen molar-refractivity contribution in [2.75, 3.05) is 0 Å². The molecule has 1 unspecified atom stereocenters. The van der Waals surface area contributed by atoms with Gasteiger partial charge >= 0.3 is 5.97 Å². The molecule has 0 saturated carbocycles. The predicted molar refractivity (Wildman–Crippen MR) is 68.2 cm³/mol. The zero-order chi connectivity index (χ0) is 14.3. The minimum atomic E-state index is -1.58. The predicted octanol–water partition coefficient (Wildman–Crippen LogP) is 1.67. The van der Waals surface area contributed by atoms with Crippen LogP contribution in [0.5, 0.6) is 0 Å². The van der Waals surface area contributed by atoms with Gasteiger partial charge in [-0.25, -0.2) is 0 Å². The Kier molecular flexibility index (Phi) is 2.79. The fraction of sp³-hybridized carbons (Fsp3) is 0.267. The average molecular weight is 272 g/mol. The van der Waals surface area contributed by atoms with E-state index in [1.165, 1.54) is 13.0 Å². The zero-order valence-electron chi connectivity index (χ0n) is 10.8. The van der Waals surface area contributed by atoms with Crippen LogP contribution in [0.15, 0.2) is 36.4 Å². The van der Waals surface area contributed by atoms with Crippen molar-refractivity contribution in [1.82, 2.24) is 0 Å². The first kappa shape index (κ1) is 12.7. The number of hydrogen-bond donors (Lipinski definition) is 0. The smallest absolute Gasteiger partial charge is 0.305 e. The molecule has 0 N–H and O–H groups in total. The molecule has 0 bridgehead atoms. The fourth-order valence-electron chi connectivity index (χ4n) is 2.57. The lowest BCUT2D eigenvalue weighted by Gasteiger charge is -2.31. The van der Waals surface area contributed by atoms with Gasteiger partial charge < -0.3 is 9.47 Å². The quantitative estimate of drug-likeness (QED) is 0.442. The van der Waals surface area contributed by atoms with Crippen LogP contribution < -0.4 is 0 Å². The van der Waals surface area contributed by atoms with E-state index in [2.05, 4.69) is 0 Å². The summed E-state index contributed by atoms with van der Waals surface area (Å²) in [5.41, 5.74) is -0.873. The van der Waals surface area contributed by atoms with Crippen LogP contribution in [0.1, 0.15) is 34.1 Å². The minimum absolute atomic E-state index is 0.150. The highest BCUT2D eigenvalue weighted by Crippen LogP contribution is 2.38. The molecule has 1 aliphatic carbocycles. The summed E-state index contributed by atoms with van der Waals surface area (Å²) in [5, 5.41) is 0. The van der Waals surface area contributed by atoms with E-state index in [4.69, 9.17) is 9.47 Å². The van der Waals surface area contributed by atoms with Gasteiger partial charge in [-0.1, -0.05) is 30.3 Å². The van der Waals surface area contributed by atoms with Crippen LogP contribution in [0.2, 0.25) is 0 Å². The SMILES string of the molecule is CC(=O)OC1C=CCC2(O1)C(=O)c1ccccc1C2=O. The first-order valence-electron chi connectivity index (χ1n) is 6.25. The molecule has 1 atom stereocenters. The Bertz CT molecular complexity index is 608. The molecule has 5 heteroatoms. The standard InChI is InChI=1S/C15H12O5/c1-9(16)19-12-7-4-8-15(20-12)13(17)10-5-2-3-6-11(10)14(15)18/h2-7,12H,8H2,1H3. The van der Waals surface area contributed by atoms with Crippen molar-refractivity contribution >= 4 is 17.5 Å². The molecule has 1 aromatic carbocycles. The number of carbonyl (C=O) groups is 3. The van der Waals surface area contributed by atoms with Gasteiger partial charge in [-0.15, -0.1) is 0 Å². The van der Waals surface area contributed by atoms with Gasteiger partial charge in [0.15, 0.2) is 0 Å². The second-order valence-electron chi connectivity index (χ2n) is 4.76. The molecule has 0 radical (unpaired) electrons. The molecular formula is C15H12O5. The Hall–Kier alpha value is -2.27. The summed E-state index contributed by atoms with van der Waals surface area (Å²) in [6.45, 7) is 1.24. The molecular weight excluding hydrogens is 260 g/mol. The van der Waals surface area contributed by atoms with E-state index in [-0.39, 0.29) is 18.0 Å². The first-order chi connectivity index (χ1) is 9.54. The molecule has 2 aliphatic rings. The normalized spacial score (nSPS) is 22.9. The maximum Gasteiger partial charge on any atom is 0.305 e. The third kappa shape index (κ3) is 1.71. The number of carbonyl (C=O) groups excluding carboxylic acids is 3. The van der Waals surface area contributed by atoms with Crippen LogP contribution in [-0.4, -0.2) is 29.4 Å². The van der Waals surface area contributed by atoms with Gasteiger partial charge in [0, 0.05) is 24.5 Å². The van der Waals surface area contributed by atoms with Gasteiger partial charge in [0.25, 0.3) is 0 Å². The van der Waals surface area contributed by atoms with Gasteiger partial charge in [-0.3, -0.25) is 14.4 Å². The summed E-state index contributed by atoms with van der Waals surface area (Å²) in [5.74, 6) is -1.29. The number of rotatable bonds is 1. The van der Waals surface area contributed by atoms with Crippen molar-refractivity contribution in [2.24, 2.45) is 0 Å². The number of ketones is 2. The maximum atomic E-state index is 12.5.